The highest BCUT2D eigenvalue weighted by Crippen LogP contribution is 2.25. The van der Waals surface area contributed by atoms with Gasteiger partial charge < -0.3 is 0 Å². The van der Waals surface area contributed by atoms with Gasteiger partial charge in [0.05, 0.1) is 11.4 Å². The highest BCUT2D eigenvalue weighted by Gasteiger charge is 2.13. The summed E-state index contributed by atoms with van der Waals surface area (Å²) >= 11 is 7.70. The second-order valence-electron chi connectivity index (χ2n) is 5.36. The molecule has 0 saturated carbocycles. The summed E-state index contributed by atoms with van der Waals surface area (Å²) in [6.07, 6.45) is 3.71. The summed E-state index contributed by atoms with van der Waals surface area (Å²) in [7, 11) is 0. The summed E-state index contributed by atoms with van der Waals surface area (Å²) in [6, 6.07) is 5.82. The van der Waals surface area contributed by atoms with Gasteiger partial charge in [-0.15, -0.1) is 10.2 Å². The molecule has 0 fully saturated rings. The molecular formula is C17H15ClFN5OS. The molecule has 0 aliphatic carbocycles. The number of anilines is 1. The van der Waals surface area contributed by atoms with Crippen LogP contribution in [0.5, 0.6) is 0 Å². The number of amides is 1. The Kier molecular flexibility index (Phi) is 5.43. The molecule has 3 aromatic rings. The maximum atomic E-state index is 13.1. The normalized spacial score (nSPS) is 11.2. The van der Waals surface area contributed by atoms with Crippen molar-refractivity contribution in [1.29, 1.82) is 0 Å². The van der Waals surface area contributed by atoms with Crippen molar-refractivity contribution in [3.63, 3.8) is 0 Å². The zero-order valence-corrected chi connectivity index (χ0v) is 15.6. The molecule has 6 nitrogen and oxygen atoms in total. The van der Waals surface area contributed by atoms with Crippen LogP contribution < -0.4 is 5.32 Å². The minimum atomic E-state index is -0.339. The van der Waals surface area contributed by atoms with Crippen LogP contribution in [0.2, 0.25) is 5.15 Å². The smallest absolute Gasteiger partial charge is 0.250 e. The van der Waals surface area contributed by atoms with Crippen LogP contribution in [0.1, 0.15) is 23.2 Å². The van der Waals surface area contributed by atoms with E-state index in [1.165, 1.54) is 34.2 Å². The zero-order valence-electron chi connectivity index (χ0n) is 14.0. The largest absolute Gasteiger partial charge is 0.297 e. The van der Waals surface area contributed by atoms with E-state index in [1.807, 2.05) is 6.92 Å². The SMILES string of the molecule is CCc1nnc(NC(=O)/C=C/c2c(C)nn(-c3ccc(F)cc3)c2Cl)s1. The fourth-order valence-electron chi connectivity index (χ4n) is 2.21. The van der Waals surface area contributed by atoms with Crippen molar-refractivity contribution in [1.82, 2.24) is 20.0 Å². The van der Waals surface area contributed by atoms with Crippen molar-refractivity contribution in [2.45, 2.75) is 20.3 Å². The summed E-state index contributed by atoms with van der Waals surface area (Å²) in [5.74, 6) is -0.678. The highest BCUT2D eigenvalue weighted by atomic mass is 35.5. The first-order valence-electron chi connectivity index (χ1n) is 7.80. The molecular weight excluding hydrogens is 377 g/mol. The molecule has 0 spiro atoms. The van der Waals surface area contributed by atoms with E-state index in [0.717, 1.165) is 11.4 Å². The maximum Gasteiger partial charge on any atom is 0.250 e. The molecule has 134 valence electrons. The van der Waals surface area contributed by atoms with E-state index >= 15 is 0 Å². The molecule has 1 N–H and O–H groups in total. The topological polar surface area (TPSA) is 72.7 Å². The summed E-state index contributed by atoms with van der Waals surface area (Å²) in [5.41, 5.74) is 1.88. The second-order valence-corrected chi connectivity index (χ2v) is 6.78. The Morgan fingerprint density at radius 3 is 2.73 bits per heavy atom. The Balaban J connectivity index is 1.77. The lowest BCUT2D eigenvalue weighted by atomic mass is 10.2. The first-order valence-corrected chi connectivity index (χ1v) is 9.00. The lowest BCUT2D eigenvalue weighted by Gasteiger charge is -2.02. The van der Waals surface area contributed by atoms with Crippen molar-refractivity contribution in [3.8, 4) is 5.69 Å². The van der Waals surface area contributed by atoms with Gasteiger partial charge in [0.1, 0.15) is 16.0 Å². The van der Waals surface area contributed by atoms with Crippen molar-refractivity contribution in [2.24, 2.45) is 0 Å². The molecule has 26 heavy (non-hydrogen) atoms. The number of rotatable bonds is 5. The molecule has 0 bridgehead atoms. The van der Waals surface area contributed by atoms with Crippen LogP contribution in [0.4, 0.5) is 9.52 Å². The Bertz CT molecular complexity index is 964. The van der Waals surface area contributed by atoms with E-state index in [1.54, 1.807) is 25.1 Å². The van der Waals surface area contributed by atoms with Gasteiger partial charge in [0, 0.05) is 11.6 Å². The third-order valence-electron chi connectivity index (χ3n) is 3.52. The third kappa shape index (κ3) is 3.97. The van der Waals surface area contributed by atoms with Crippen molar-refractivity contribution in [2.75, 3.05) is 5.32 Å². The molecule has 1 aromatic carbocycles. The Morgan fingerprint density at radius 1 is 1.35 bits per heavy atom. The van der Waals surface area contributed by atoms with Gasteiger partial charge in [0.15, 0.2) is 0 Å². The molecule has 2 heterocycles. The summed E-state index contributed by atoms with van der Waals surface area (Å²) in [5, 5.41) is 16.5. The number of hydrogen-bond acceptors (Lipinski definition) is 5. The van der Waals surface area contributed by atoms with Crippen LogP contribution in [-0.2, 0) is 11.2 Å². The number of halogens is 2. The number of carbonyl (C=O) groups is 1. The second kappa shape index (κ2) is 7.76. The average Bonchev–Trinajstić information content (AvgIpc) is 3.18. The van der Waals surface area contributed by atoms with E-state index in [0.29, 0.717) is 27.2 Å². The van der Waals surface area contributed by atoms with Crippen LogP contribution in [0, 0.1) is 12.7 Å². The summed E-state index contributed by atoms with van der Waals surface area (Å²) in [4.78, 5) is 12.0. The Morgan fingerprint density at radius 2 is 2.08 bits per heavy atom. The van der Waals surface area contributed by atoms with Gasteiger partial charge >= 0.3 is 0 Å². The van der Waals surface area contributed by atoms with Gasteiger partial charge in [-0.25, -0.2) is 9.07 Å². The number of nitrogens with zero attached hydrogens (tertiary/aromatic N) is 4. The standard InChI is InChI=1S/C17H15ClFN5OS/c1-3-15-21-22-17(26-15)20-14(25)9-8-13-10(2)23-24(16(13)18)12-6-4-11(19)5-7-12/h4-9H,3H2,1-2H3,(H,20,22,25)/b9-8+. The van der Waals surface area contributed by atoms with E-state index in [9.17, 15) is 9.18 Å². The minimum absolute atomic E-state index is 0.336. The number of aromatic nitrogens is 4. The lowest BCUT2D eigenvalue weighted by Crippen LogP contribution is -2.07. The quantitative estimate of drug-likeness (QED) is 0.666. The zero-order chi connectivity index (χ0) is 18.7. The first kappa shape index (κ1) is 18.2. The maximum absolute atomic E-state index is 13.1. The molecule has 0 atom stereocenters. The van der Waals surface area contributed by atoms with E-state index in [-0.39, 0.29) is 11.7 Å². The van der Waals surface area contributed by atoms with Gasteiger partial charge in [0.25, 0.3) is 0 Å². The summed E-state index contributed by atoms with van der Waals surface area (Å²) in [6.45, 7) is 3.75. The minimum Gasteiger partial charge on any atom is -0.297 e. The van der Waals surface area contributed by atoms with Gasteiger partial charge in [-0.3, -0.25) is 10.1 Å². The van der Waals surface area contributed by atoms with E-state index < -0.39 is 0 Å². The molecule has 1 amide bonds. The van der Waals surface area contributed by atoms with Gasteiger partial charge in [0.2, 0.25) is 11.0 Å². The van der Waals surface area contributed by atoms with E-state index in [2.05, 4.69) is 20.6 Å². The molecule has 2 aromatic heterocycles. The number of benzene rings is 1. The van der Waals surface area contributed by atoms with Gasteiger partial charge in [-0.1, -0.05) is 29.9 Å². The van der Waals surface area contributed by atoms with Crippen molar-refractivity contribution < 1.29 is 9.18 Å². The number of nitrogens with one attached hydrogen (secondary N) is 1. The van der Waals surface area contributed by atoms with Crippen LogP contribution in [-0.4, -0.2) is 25.9 Å². The fraction of sp³-hybridized carbons (Fsp3) is 0.176. The summed E-state index contributed by atoms with van der Waals surface area (Å²) < 4.78 is 14.6. The molecule has 0 radical (unpaired) electrons. The predicted octanol–water partition coefficient (Wildman–Crippen LogP) is 4.04. The van der Waals surface area contributed by atoms with Crippen LogP contribution >= 0.6 is 22.9 Å². The molecule has 9 heteroatoms. The van der Waals surface area contributed by atoms with E-state index in [4.69, 9.17) is 11.6 Å². The van der Waals surface area contributed by atoms with Crippen molar-refractivity contribution >= 4 is 40.1 Å². The number of carbonyl (C=O) groups excluding carboxylic acids is 1. The van der Waals surface area contributed by atoms with Crippen molar-refractivity contribution in [3.05, 3.63) is 57.6 Å². The van der Waals surface area contributed by atoms with Gasteiger partial charge in [-0.2, -0.15) is 5.10 Å². The first-order chi connectivity index (χ1) is 12.5. The average molecular weight is 392 g/mol. The molecule has 0 saturated heterocycles. The number of hydrogen-bond donors (Lipinski definition) is 1. The van der Waals surface area contributed by atoms with Crippen LogP contribution in [0.3, 0.4) is 0 Å². The molecule has 0 aliphatic heterocycles. The predicted molar refractivity (Wildman–Crippen MR) is 100 cm³/mol. The van der Waals surface area contributed by atoms with Crippen LogP contribution in [0.25, 0.3) is 11.8 Å². The monoisotopic (exact) mass is 391 g/mol. The molecule has 3 rings (SSSR count). The highest BCUT2D eigenvalue weighted by molar-refractivity contribution is 7.15. The molecule has 0 aliphatic rings. The van der Waals surface area contributed by atoms with Crippen LogP contribution in [0.15, 0.2) is 30.3 Å². The fourth-order valence-corrected chi connectivity index (χ4v) is 3.22. The molecule has 0 unspecified atom stereocenters. The van der Waals surface area contributed by atoms with Gasteiger partial charge in [-0.05, 0) is 43.7 Å². The Labute approximate surface area is 158 Å². The third-order valence-corrected chi connectivity index (χ3v) is 4.87. The number of aryl methyl sites for hydroxylation is 2. The lowest BCUT2D eigenvalue weighted by molar-refractivity contribution is -0.111. The Hall–Kier alpha value is -2.58.